The number of amides is 1. The Morgan fingerprint density at radius 2 is 1.86 bits per heavy atom. The molecule has 5 aromatic rings. The highest BCUT2D eigenvalue weighted by Crippen LogP contribution is 2.28. The van der Waals surface area contributed by atoms with Gasteiger partial charge >= 0.3 is 5.91 Å². The third kappa shape index (κ3) is 5.47. The first-order chi connectivity index (χ1) is 18.0. The molecule has 0 spiro atoms. The molecule has 0 bridgehead atoms. The summed E-state index contributed by atoms with van der Waals surface area (Å²) in [6, 6.07) is 14.8. The largest absolute Gasteiger partial charge is 0.439 e. The van der Waals surface area contributed by atoms with Crippen LogP contribution in [0.15, 0.2) is 73.6 Å². The number of nitrogens with zero attached hydrogens (tertiary/aromatic N) is 7. The molecule has 0 unspecified atom stereocenters. The van der Waals surface area contributed by atoms with E-state index in [0.29, 0.717) is 29.7 Å². The maximum atomic E-state index is 12.5. The molecule has 3 aromatic heterocycles. The minimum atomic E-state index is -0.287. The van der Waals surface area contributed by atoms with Crippen molar-refractivity contribution >= 4 is 39.6 Å². The molecule has 5 rings (SSSR count). The van der Waals surface area contributed by atoms with Gasteiger partial charge in [0, 0.05) is 42.3 Å². The number of hydrogen-bond acceptors (Lipinski definition) is 8. The molecule has 0 aliphatic rings. The van der Waals surface area contributed by atoms with Gasteiger partial charge in [-0.25, -0.2) is 19.9 Å². The number of benzene rings is 2. The molecule has 184 valence electrons. The zero-order chi connectivity index (χ0) is 25.8. The van der Waals surface area contributed by atoms with E-state index in [2.05, 4.69) is 37.1 Å². The molecule has 3 heterocycles. The van der Waals surface area contributed by atoms with Gasteiger partial charge in [-0.3, -0.25) is 14.1 Å². The SMILES string of the molecule is CN(C)CC#CC(=O)N(C)c1ccc2ncnc(Nc3ccc(Oc4cc5nccn5cn4)cc3)c2c1. The molecule has 0 saturated carbocycles. The van der Waals surface area contributed by atoms with Gasteiger partial charge in [0.2, 0.25) is 5.88 Å². The molecule has 37 heavy (non-hydrogen) atoms. The van der Waals surface area contributed by atoms with Crippen molar-refractivity contribution in [3.63, 3.8) is 0 Å². The van der Waals surface area contributed by atoms with E-state index < -0.39 is 0 Å². The Morgan fingerprint density at radius 1 is 1.03 bits per heavy atom. The third-order valence-electron chi connectivity index (χ3n) is 5.50. The van der Waals surface area contributed by atoms with Crippen molar-refractivity contribution in [1.82, 2.24) is 29.2 Å². The van der Waals surface area contributed by atoms with Crippen LogP contribution in [-0.2, 0) is 4.79 Å². The van der Waals surface area contributed by atoms with Gasteiger partial charge in [0.05, 0.1) is 12.1 Å². The summed E-state index contributed by atoms with van der Waals surface area (Å²) in [6.45, 7) is 0.513. The average Bonchev–Trinajstić information content (AvgIpc) is 3.37. The molecule has 2 aromatic carbocycles. The lowest BCUT2D eigenvalue weighted by molar-refractivity contribution is -0.113. The van der Waals surface area contributed by atoms with Crippen molar-refractivity contribution < 1.29 is 9.53 Å². The van der Waals surface area contributed by atoms with Gasteiger partial charge in [0.1, 0.15) is 29.9 Å². The lowest BCUT2D eigenvalue weighted by Gasteiger charge is -2.16. The van der Waals surface area contributed by atoms with E-state index >= 15 is 0 Å². The van der Waals surface area contributed by atoms with E-state index in [0.717, 1.165) is 22.2 Å². The van der Waals surface area contributed by atoms with Gasteiger partial charge in [0.15, 0.2) is 0 Å². The van der Waals surface area contributed by atoms with Crippen molar-refractivity contribution in [2.45, 2.75) is 0 Å². The van der Waals surface area contributed by atoms with Gasteiger partial charge in [-0.2, -0.15) is 0 Å². The second-order valence-electron chi connectivity index (χ2n) is 8.50. The number of fused-ring (bicyclic) bond motifs is 2. The van der Waals surface area contributed by atoms with Crippen LogP contribution in [0.25, 0.3) is 16.6 Å². The zero-order valence-electron chi connectivity index (χ0n) is 20.6. The predicted octanol–water partition coefficient (Wildman–Crippen LogP) is 3.74. The maximum Gasteiger partial charge on any atom is 0.302 e. The molecular weight excluding hydrogens is 468 g/mol. The molecule has 0 aliphatic heterocycles. The fraction of sp³-hybridized carbons (Fsp3) is 0.148. The smallest absolute Gasteiger partial charge is 0.302 e. The van der Waals surface area contributed by atoms with Crippen LogP contribution in [-0.4, -0.2) is 62.8 Å². The van der Waals surface area contributed by atoms with Crippen LogP contribution in [0.4, 0.5) is 17.2 Å². The molecule has 0 radical (unpaired) electrons. The standard InChI is InChI=1S/C27H24N8O2/c1-33(2)13-4-5-26(36)34(3)20-8-11-23-22(15-20)27(30-17-29-23)32-19-6-9-21(10-7-19)37-25-16-24-28-12-14-35(24)18-31-25/h6-12,14-18H,13H2,1-3H3,(H,29,30,32). The summed E-state index contributed by atoms with van der Waals surface area (Å²) < 4.78 is 7.68. The summed E-state index contributed by atoms with van der Waals surface area (Å²) in [4.78, 5) is 33.2. The zero-order valence-corrected chi connectivity index (χ0v) is 20.6. The van der Waals surface area contributed by atoms with Crippen molar-refractivity contribution in [3.05, 3.63) is 73.6 Å². The number of hydrogen-bond donors (Lipinski definition) is 1. The number of aromatic nitrogens is 5. The summed E-state index contributed by atoms with van der Waals surface area (Å²) in [7, 11) is 5.50. The second kappa shape index (κ2) is 10.3. The van der Waals surface area contributed by atoms with E-state index in [9.17, 15) is 4.79 Å². The molecule has 10 nitrogen and oxygen atoms in total. The summed E-state index contributed by atoms with van der Waals surface area (Å²) in [6.07, 6.45) is 6.69. The van der Waals surface area contributed by atoms with Crippen molar-refractivity contribution in [2.75, 3.05) is 37.9 Å². The maximum absolute atomic E-state index is 12.5. The van der Waals surface area contributed by atoms with Crippen LogP contribution in [0.1, 0.15) is 0 Å². The van der Waals surface area contributed by atoms with Gasteiger partial charge in [-0.05, 0) is 62.5 Å². The Morgan fingerprint density at radius 3 is 2.68 bits per heavy atom. The van der Waals surface area contributed by atoms with Crippen LogP contribution < -0.4 is 15.0 Å². The normalized spacial score (nSPS) is 10.8. The third-order valence-corrected chi connectivity index (χ3v) is 5.50. The summed E-state index contributed by atoms with van der Waals surface area (Å²) in [5.41, 5.74) is 3.01. The molecule has 0 atom stereocenters. The van der Waals surface area contributed by atoms with Crippen LogP contribution in [0.2, 0.25) is 0 Å². The highest BCUT2D eigenvalue weighted by atomic mass is 16.5. The highest BCUT2D eigenvalue weighted by molar-refractivity contribution is 6.06. The topological polar surface area (TPSA) is 101 Å². The van der Waals surface area contributed by atoms with Crippen molar-refractivity contribution in [1.29, 1.82) is 0 Å². The minimum absolute atomic E-state index is 0.287. The van der Waals surface area contributed by atoms with Gasteiger partial charge in [-0.1, -0.05) is 5.92 Å². The van der Waals surface area contributed by atoms with E-state index in [1.807, 2.05) is 72.1 Å². The number of imidazole rings is 1. The Hall–Kier alpha value is -5.01. The van der Waals surface area contributed by atoms with Crippen LogP contribution in [0, 0.1) is 11.8 Å². The summed E-state index contributed by atoms with van der Waals surface area (Å²) >= 11 is 0. The monoisotopic (exact) mass is 492 g/mol. The lowest BCUT2D eigenvalue weighted by Crippen LogP contribution is -2.24. The van der Waals surface area contributed by atoms with E-state index in [4.69, 9.17) is 4.74 Å². The van der Waals surface area contributed by atoms with Gasteiger partial charge in [-0.15, -0.1) is 0 Å². The first-order valence-electron chi connectivity index (χ1n) is 11.5. The number of nitrogens with one attached hydrogen (secondary N) is 1. The molecule has 0 aliphatic carbocycles. The Kier molecular flexibility index (Phi) is 6.61. The van der Waals surface area contributed by atoms with Crippen LogP contribution >= 0.6 is 0 Å². The minimum Gasteiger partial charge on any atom is -0.439 e. The lowest BCUT2D eigenvalue weighted by atomic mass is 10.2. The number of rotatable bonds is 6. The molecule has 0 fully saturated rings. The highest BCUT2D eigenvalue weighted by Gasteiger charge is 2.12. The van der Waals surface area contributed by atoms with Crippen LogP contribution in [0.5, 0.6) is 11.6 Å². The van der Waals surface area contributed by atoms with E-state index in [1.165, 1.54) is 11.2 Å². The quantitative estimate of drug-likeness (QED) is 0.358. The molecular formula is C27H24N8O2. The van der Waals surface area contributed by atoms with Gasteiger partial charge < -0.3 is 15.0 Å². The molecule has 1 amide bonds. The first-order valence-corrected chi connectivity index (χ1v) is 11.5. The number of ether oxygens (including phenoxy) is 1. The Balaban J connectivity index is 1.33. The molecule has 10 heteroatoms. The summed E-state index contributed by atoms with van der Waals surface area (Å²) in [5.74, 6) is 6.97. The summed E-state index contributed by atoms with van der Waals surface area (Å²) in [5, 5.41) is 4.10. The predicted molar refractivity (Wildman–Crippen MR) is 142 cm³/mol. The molecule has 1 N–H and O–H groups in total. The number of carbonyl (C=O) groups is 1. The molecule has 0 saturated heterocycles. The Labute approximate surface area is 213 Å². The van der Waals surface area contributed by atoms with Crippen molar-refractivity contribution in [2.24, 2.45) is 0 Å². The first kappa shape index (κ1) is 23.7. The second-order valence-corrected chi connectivity index (χ2v) is 8.50. The van der Waals surface area contributed by atoms with Crippen LogP contribution in [0.3, 0.4) is 0 Å². The van der Waals surface area contributed by atoms with Gasteiger partial charge in [0.25, 0.3) is 0 Å². The van der Waals surface area contributed by atoms with E-state index in [1.54, 1.807) is 25.6 Å². The number of carbonyl (C=O) groups excluding carboxylic acids is 1. The average molecular weight is 493 g/mol. The fourth-order valence-electron chi connectivity index (χ4n) is 3.55. The fourth-order valence-corrected chi connectivity index (χ4v) is 3.55. The Bertz CT molecular complexity index is 1630. The number of anilines is 3. The van der Waals surface area contributed by atoms with E-state index in [-0.39, 0.29) is 5.91 Å². The van der Waals surface area contributed by atoms with Crippen molar-refractivity contribution in [3.8, 4) is 23.5 Å².